The lowest BCUT2D eigenvalue weighted by Gasteiger charge is -2.40. The summed E-state index contributed by atoms with van der Waals surface area (Å²) >= 11 is 0. The molecule has 1 fully saturated rings. The van der Waals surface area contributed by atoms with Gasteiger partial charge in [-0.05, 0) is 90.4 Å². The zero-order valence-electron chi connectivity index (χ0n) is 45.9. The number of hydrogen-bond donors (Lipinski definition) is 6. The Balaban J connectivity index is 2.05. The number of carbonyl (C=O) groups is 2. The number of rotatable bonds is 50. The summed E-state index contributed by atoms with van der Waals surface area (Å²) in [6.07, 6.45) is 55.0. The molecule has 418 valence electrons. The Bertz CT molecular complexity index is 1380. The highest BCUT2D eigenvalue weighted by atomic mass is 16.7. The summed E-state index contributed by atoms with van der Waals surface area (Å²) in [4.78, 5) is 25.1. The fraction of sp³-hybridized carbons (Fsp3) is 0.803. The second-order valence-electron chi connectivity index (χ2n) is 20.3. The molecule has 7 atom stereocenters. The highest BCUT2D eigenvalue weighted by Crippen LogP contribution is 2.23. The number of esters is 1. The molecule has 0 aromatic heterocycles. The molecule has 1 heterocycles. The standard InChI is InChI=1S/C61H109NO10/c1-3-5-7-9-11-13-14-15-16-17-20-23-26-29-33-37-41-45-49-57(66)70-50-46-42-38-34-30-27-24-21-18-19-22-25-28-32-36-40-44-48-56(65)62-53(54(64)47-43-39-35-31-12-10-8-6-4-2)52-71-61-60(69)59(68)58(67)55(51-63)72-61/h4,6,12,18,21,27,30-31,43,47,53-55,58-61,63-64,67-69H,3,5,7-11,13-17,19-20,22-26,28-29,32-42,44-46,48-52H2,1-2H3,(H,62,65)/b6-4+,21-18-,30-27-,31-12+,47-43+. The molecule has 1 amide bonds. The largest absolute Gasteiger partial charge is 0.466 e. The number of allylic oxidation sites excluding steroid dienone is 9. The van der Waals surface area contributed by atoms with Gasteiger partial charge in [0.05, 0.1) is 32.0 Å². The number of aliphatic hydroxyl groups excluding tert-OH is 5. The molecule has 0 spiro atoms. The van der Waals surface area contributed by atoms with E-state index < -0.39 is 49.5 Å². The van der Waals surface area contributed by atoms with Crippen LogP contribution >= 0.6 is 0 Å². The van der Waals surface area contributed by atoms with E-state index in [0.717, 1.165) is 96.3 Å². The van der Waals surface area contributed by atoms with Gasteiger partial charge in [0, 0.05) is 12.8 Å². The van der Waals surface area contributed by atoms with Gasteiger partial charge in [-0.15, -0.1) is 0 Å². The molecule has 0 aliphatic carbocycles. The Labute approximate surface area is 439 Å². The maximum Gasteiger partial charge on any atom is 0.305 e. The average Bonchev–Trinajstić information content (AvgIpc) is 3.38. The Morgan fingerprint density at radius 2 is 1.00 bits per heavy atom. The fourth-order valence-corrected chi connectivity index (χ4v) is 8.97. The number of unbranched alkanes of at least 4 members (excludes halogenated alkanes) is 29. The van der Waals surface area contributed by atoms with Crippen molar-refractivity contribution in [1.29, 1.82) is 0 Å². The summed E-state index contributed by atoms with van der Waals surface area (Å²) in [7, 11) is 0. The third kappa shape index (κ3) is 39.8. The summed E-state index contributed by atoms with van der Waals surface area (Å²) in [6, 6.07) is -0.846. The van der Waals surface area contributed by atoms with Gasteiger partial charge in [0.15, 0.2) is 6.29 Å². The minimum Gasteiger partial charge on any atom is -0.466 e. The second-order valence-corrected chi connectivity index (χ2v) is 20.3. The van der Waals surface area contributed by atoms with Gasteiger partial charge in [-0.2, -0.15) is 0 Å². The van der Waals surface area contributed by atoms with Crippen molar-refractivity contribution in [1.82, 2.24) is 5.32 Å². The quantitative estimate of drug-likeness (QED) is 0.0195. The molecular formula is C61H109NO10. The second kappa shape index (κ2) is 50.5. The molecule has 1 rings (SSSR count). The molecule has 11 heteroatoms. The first-order chi connectivity index (χ1) is 35.2. The number of nitrogens with one attached hydrogen (secondary N) is 1. The molecule has 6 N–H and O–H groups in total. The van der Waals surface area contributed by atoms with Crippen molar-refractivity contribution < 1.29 is 49.3 Å². The lowest BCUT2D eigenvalue weighted by atomic mass is 9.99. The van der Waals surface area contributed by atoms with Gasteiger partial charge in [-0.25, -0.2) is 0 Å². The summed E-state index contributed by atoms with van der Waals surface area (Å²) < 4.78 is 16.6. The first kappa shape index (κ1) is 67.4. The fourth-order valence-electron chi connectivity index (χ4n) is 8.97. The van der Waals surface area contributed by atoms with E-state index in [4.69, 9.17) is 14.2 Å². The van der Waals surface area contributed by atoms with Crippen molar-refractivity contribution in [3.05, 3.63) is 60.8 Å². The van der Waals surface area contributed by atoms with Crippen LogP contribution in [-0.2, 0) is 23.8 Å². The Morgan fingerprint density at radius 3 is 1.53 bits per heavy atom. The van der Waals surface area contributed by atoms with E-state index in [-0.39, 0.29) is 18.5 Å². The van der Waals surface area contributed by atoms with Crippen LogP contribution in [0.2, 0.25) is 0 Å². The summed E-state index contributed by atoms with van der Waals surface area (Å²) in [6.45, 7) is 4.03. The van der Waals surface area contributed by atoms with Crippen LogP contribution in [0.15, 0.2) is 60.8 Å². The smallest absolute Gasteiger partial charge is 0.305 e. The van der Waals surface area contributed by atoms with Crippen LogP contribution in [0.5, 0.6) is 0 Å². The number of hydrogen-bond acceptors (Lipinski definition) is 10. The van der Waals surface area contributed by atoms with E-state index in [1.54, 1.807) is 6.08 Å². The van der Waals surface area contributed by atoms with Crippen LogP contribution in [-0.4, -0.2) is 100 Å². The van der Waals surface area contributed by atoms with Crippen LogP contribution in [0.25, 0.3) is 0 Å². The summed E-state index contributed by atoms with van der Waals surface area (Å²) in [5.41, 5.74) is 0. The number of aliphatic hydroxyl groups is 5. The van der Waals surface area contributed by atoms with Gasteiger partial charge in [0.2, 0.25) is 5.91 Å². The minimum atomic E-state index is -1.59. The normalized spacial score (nSPS) is 19.5. The molecule has 1 saturated heterocycles. The van der Waals surface area contributed by atoms with Crippen LogP contribution in [0, 0.1) is 0 Å². The highest BCUT2D eigenvalue weighted by molar-refractivity contribution is 5.76. The molecule has 0 aromatic carbocycles. The topological polar surface area (TPSA) is 175 Å². The number of ether oxygens (including phenoxy) is 3. The van der Waals surface area contributed by atoms with Crippen molar-refractivity contribution in [3.8, 4) is 0 Å². The van der Waals surface area contributed by atoms with Gasteiger partial charge in [-0.1, -0.05) is 209 Å². The predicted octanol–water partition coefficient (Wildman–Crippen LogP) is 13.4. The zero-order chi connectivity index (χ0) is 52.4. The van der Waals surface area contributed by atoms with Crippen LogP contribution in [0.4, 0.5) is 0 Å². The Hall–Kier alpha value is -2.64. The lowest BCUT2D eigenvalue weighted by Crippen LogP contribution is -2.60. The maximum atomic E-state index is 13.0. The number of amides is 1. The Kier molecular flexibility index (Phi) is 47.3. The molecule has 72 heavy (non-hydrogen) atoms. The van der Waals surface area contributed by atoms with Crippen LogP contribution in [0.1, 0.15) is 251 Å². The van der Waals surface area contributed by atoms with Gasteiger partial charge >= 0.3 is 5.97 Å². The predicted molar refractivity (Wildman–Crippen MR) is 296 cm³/mol. The molecular weight excluding hydrogens is 907 g/mol. The minimum absolute atomic E-state index is 0.0302. The van der Waals surface area contributed by atoms with Gasteiger partial charge < -0.3 is 45.1 Å². The van der Waals surface area contributed by atoms with Crippen molar-refractivity contribution in [2.24, 2.45) is 0 Å². The first-order valence-electron chi connectivity index (χ1n) is 29.5. The van der Waals surface area contributed by atoms with Gasteiger partial charge in [0.1, 0.15) is 24.4 Å². The first-order valence-corrected chi connectivity index (χ1v) is 29.5. The highest BCUT2D eigenvalue weighted by Gasteiger charge is 2.44. The third-order valence-electron chi connectivity index (χ3n) is 13.7. The van der Waals surface area contributed by atoms with Crippen LogP contribution in [0.3, 0.4) is 0 Å². The molecule has 0 bridgehead atoms. The molecule has 0 saturated carbocycles. The zero-order valence-corrected chi connectivity index (χ0v) is 45.9. The van der Waals surface area contributed by atoms with E-state index in [1.165, 1.54) is 122 Å². The lowest BCUT2D eigenvalue weighted by molar-refractivity contribution is -0.302. The van der Waals surface area contributed by atoms with E-state index >= 15 is 0 Å². The monoisotopic (exact) mass is 1020 g/mol. The molecule has 0 aromatic rings. The number of carbonyl (C=O) groups excluding carboxylic acids is 2. The maximum absolute atomic E-state index is 13.0. The Morgan fingerprint density at radius 1 is 0.542 bits per heavy atom. The van der Waals surface area contributed by atoms with E-state index in [1.807, 2.05) is 19.1 Å². The van der Waals surface area contributed by atoms with E-state index in [0.29, 0.717) is 25.9 Å². The van der Waals surface area contributed by atoms with Crippen LogP contribution < -0.4 is 5.32 Å². The van der Waals surface area contributed by atoms with Crippen molar-refractivity contribution in [2.45, 2.75) is 294 Å². The van der Waals surface area contributed by atoms with Gasteiger partial charge in [-0.3, -0.25) is 9.59 Å². The van der Waals surface area contributed by atoms with E-state index in [9.17, 15) is 35.1 Å². The summed E-state index contributed by atoms with van der Waals surface area (Å²) in [5, 5.41) is 54.1. The molecule has 1 aliphatic rings. The summed E-state index contributed by atoms with van der Waals surface area (Å²) in [5.74, 6) is -0.247. The van der Waals surface area contributed by atoms with Crippen molar-refractivity contribution in [3.63, 3.8) is 0 Å². The van der Waals surface area contributed by atoms with Crippen molar-refractivity contribution >= 4 is 11.9 Å². The molecule has 7 unspecified atom stereocenters. The van der Waals surface area contributed by atoms with E-state index in [2.05, 4.69) is 54.8 Å². The molecule has 0 radical (unpaired) electrons. The van der Waals surface area contributed by atoms with Crippen molar-refractivity contribution in [2.75, 3.05) is 19.8 Å². The molecule has 11 nitrogen and oxygen atoms in total. The molecule has 1 aliphatic heterocycles. The van der Waals surface area contributed by atoms with Gasteiger partial charge in [0.25, 0.3) is 0 Å². The SMILES string of the molecule is C/C=C/CC/C=C/CC/C=C/C(O)C(COC1OC(CO)C(O)C(O)C1O)NC(=O)CCCCCCCCC/C=C\C/C=C\CCCCCOC(=O)CCCCCCCCCCCCCCCCCCCC. The third-order valence-corrected chi connectivity index (χ3v) is 13.7. The average molecular weight is 1020 g/mol.